The summed E-state index contributed by atoms with van der Waals surface area (Å²) in [7, 11) is 0. The Bertz CT molecular complexity index is 384. The van der Waals surface area contributed by atoms with Gasteiger partial charge in [0.25, 0.3) is 5.91 Å². The second-order valence-electron chi connectivity index (χ2n) is 4.23. The largest absolute Gasteiger partial charge is 0.456 e. The normalized spacial score (nSPS) is 17.4. The highest BCUT2D eigenvalue weighted by Crippen LogP contribution is 2.11. The van der Waals surface area contributed by atoms with Crippen molar-refractivity contribution in [3.8, 4) is 0 Å². The maximum absolute atomic E-state index is 12.1. The zero-order chi connectivity index (χ0) is 12.3. The quantitative estimate of drug-likeness (QED) is 0.798. The van der Waals surface area contributed by atoms with Gasteiger partial charge in [0, 0.05) is 38.1 Å². The summed E-state index contributed by atoms with van der Waals surface area (Å²) in [6.07, 6.45) is 0. The molecule has 0 spiro atoms. The van der Waals surface area contributed by atoms with Gasteiger partial charge in [0.05, 0.1) is 0 Å². The van der Waals surface area contributed by atoms with Crippen LogP contribution in [0, 0.1) is 6.92 Å². The highest BCUT2D eigenvalue weighted by Gasteiger charge is 2.23. The minimum absolute atomic E-state index is 0.0107. The molecule has 0 N–H and O–H groups in total. The zero-order valence-corrected chi connectivity index (χ0v) is 11.6. The molecule has 0 radical (unpaired) electrons. The highest BCUT2D eigenvalue weighted by molar-refractivity contribution is 9.09. The number of alkyl halides is 1. The monoisotopic (exact) mass is 300 g/mol. The molecule has 1 amide bonds. The van der Waals surface area contributed by atoms with E-state index < -0.39 is 0 Å². The number of aryl methyl sites for hydroxylation is 1. The number of nitrogens with zero attached hydrogens (tertiary/aromatic N) is 2. The van der Waals surface area contributed by atoms with Gasteiger partial charge in [0.15, 0.2) is 5.76 Å². The van der Waals surface area contributed by atoms with Gasteiger partial charge >= 0.3 is 0 Å². The number of hydrogen-bond donors (Lipinski definition) is 0. The van der Waals surface area contributed by atoms with Crippen molar-refractivity contribution in [3.05, 3.63) is 23.7 Å². The number of carbonyl (C=O) groups is 1. The van der Waals surface area contributed by atoms with Crippen LogP contribution in [0.1, 0.15) is 16.3 Å². The average molecular weight is 301 g/mol. The molecular formula is C12H17BrN2O2. The van der Waals surface area contributed by atoms with Gasteiger partial charge in [0.1, 0.15) is 5.76 Å². The maximum Gasteiger partial charge on any atom is 0.289 e. The topological polar surface area (TPSA) is 36.7 Å². The Morgan fingerprint density at radius 2 is 2.06 bits per heavy atom. The lowest BCUT2D eigenvalue weighted by molar-refractivity contribution is 0.0612. The molecule has 0 atom stereocenters. The van der Waals surface area contributed by atoms with Gasteiger partial charge in [-0.3, -0.25) is 9.69 Å². The maximum atomic E-state index is 12.1. The SMILES string of the molecule is Cc1ccc(C(=O)N2CCN(CCBr)CC2)o1. The summed E-state index contributed by atoms with van der Waals surface area (Å²) in [5.41, 5.74) is 0. The molecule has 0 unspecified atom stereocenters. The first-order valence-electron chi connectivity index (χ1n) is 5.85. The fourth-order valence-corrected chi connectivity index (χ4v) is 2.50. The van der Waals surface area contributed by atoms with E-state index in [9.17, 15) is 4.79 Å². The summed E-state index contributed by atoms with van der Waals surface area (Å²) in [6.45, 7) is 6.35. The molecule has 5 heteroatoms. The first-order chi connectivity index (χ1) is 8.20. The number of halogens is 1. The number of carbonyl (C=O) groups excluding carboxylic acids is 1. The third-order valence-corrected chi connectivity index (χ3v) is 3.37. The van der Waals surface area contributed by atoms with Gasteiger partial charge in [-0.25, -0.2) is 0 Å². The first-order valence-corrected chi connectivity index (χ1v) is 6.97. The number of amides is 1. The average Bonchev–Trinajstić information content (AvgIpc) is 2.76. The van der Waals surface area contributed by atoms with Gasteiger partial charge in [-0.05, 0) is 19.1 Å². The van der Waals surface area contributed by atoms with E-state index in [-0.39, 0.29) is 5.91 Å². The fraction of sp³-hybridized carbons (Fsp3) is 0.583. The Kier molecular flexibility index (Phi) is 4.23. The van der Waals surface area contributed by atoms with Crippen LogP contribution in [0.3, 0.4) is 0 Å². The molecule has 1 aromatic rings. The van der Waals surface area contributed by atoms with Gasteiger partial charge < -0.3 is 9.32 Å². The molecule has 17 heavy (non-hydrogen) atoms. The van der Waals surface area contributed by atoms with Gasteiger partial charge in [-0.15, -0.1) is 0 Å². The molecule has 0 aromatic carbocycles. The second-order valence-corrected chi connectivity index (χ2v) is 5.03. The zero-order valence-electron chi connectivity index (χ0n) is 9.99. The van der Waals surface area contributed by atoms with Gasteiger partial charge in [0.2, 0.25) is 0 Å². The number of piperazine rings is 1. The molecule has 1 aromatic heterocycles. The standard InChI is InChI=1S/C12H17BrN2O2/c1-10-2-3-11(17-10)12(16)15-8-6-14(5-4-13)7-9-15/h2-3H,4-9H2,1H3. The van der Waals surface area contributed by atoms with Crippen molar-refractivity contribution in [1.82, 2.24) is 9.80 Å². The first kappa shape index (κ1) is 12.6. The van der Waals surface area contributed by atoms with Gasteiger partial charge in [-0.1, -0.05) is 15.9 Å². The van der Waals surface area contributed by atoms with Crippen molar-refractivity contribution in [3.63, 3.8) is 0 Å². The van der Waals surface area contributed by atoms with Crippen molar-refractivity contribution in [2.24, 2.45) is 0 Å². The molecule has 1 fully saturated rings. The Labute approximate surface area is 110 Å². The Morgan fingerprint density at radius 1 is 1.35 bits per heavy atom. The molecule has 0 saturated carbocycles. The van der Waals surface area contributed by atoms with Gasteiger partial charge in [-0.2, -0.15) is 0 Å². The third kappa shape index (κ3) is 3.10. The predicted molar refractivity (Wildman–Crippen MR) is 69.6 cm³/mol. The lowest BCUT2D eigenvalue weighted by Gasteiger charge is -2.33. The summed E-state index contributed by atoms with van der Waals surface area (Å²) >= 11 is 3.43. The molecular weight excluding hydrogens is 284 g/mol. The van der Waals surface area contributed by atoms with Crippen molar-refractivity contribution in [1.29, 1.82) is 0 Å². The van der Waals surface area contributed by atoms with E-state index >= 15 is 0 Å². The van der Waals surface area contributed by atoms with Crippen LogP contribution >= 0.6 is 15.9 Å². The molecule has 2 heterocycles. The predicted octanol–water partition coefficient (Wildman–Crippen LogP) is 1.74. The molecule has 2 rings (SSSR count). The smallest absolute Gasteiger partial charge is 0.289 e. The van der Waals surface area contributed by atoms with Crippen LogP contribution in [0.4, 0.5) is 0 Å². The van der Waals surface area contributed by atoms with Crippen molar-refractivity contribution in [2.45, 2.75) is 6.92 Å². The molecule has 0 bridgehead atoms. The van der Waals surface area contributed by atoms with Crippen LogP contribution in [0.25, 0.3) is 0 Å². The molecule has 4 nitrogen and oxygen atoms in total. The summed E-state index contributed by atoms with van der Waals surface area (Å²) in [6, 6.07) is 3.58. The van der Waals surface area contributed by atoms with Crippen molar-refractivity contribution >= 4 is 21.8 Å². The minimum atomic E-state index is 0.0107. The minimum Gasteiger partial charge on any atom is -0.456 e. The molecule has 0 aliphatic carbocycles. The molecule has 1 aliphatic heterocycles. The van der Waals surface area contributed by atoms with Crippen LogP contribution in [0.2, 0.25) is 0 Å². The number of rotatable bonds is 3. The Hall–Kier alpha value is -0.810. The lowest BCUT2D eigenvalue weighted by atomic mass is 10.3. The molecule has 94 valence electrons. The van der Waals surface area contributed by atoms with E-state index in [0.717, 1.165) is 43.8 Å². The van der Waals surface area contributed by atoms with E-state index in [1.807, 2.05) is 17.9 Å². The van der Waals surface area contributed by atoms with Crippen LogP contribution in [0.5, 0.6) is 0 Å². The van der Waals surface area contributed by atoms with Crippen LogP contribution in [-0.2, 0) is 0 Å². The number of hydrogen-bond acceptors (Lipinski definition) is 3. The van der Waals surface area contributed by atoms with E-state index in [1.54, 1.807) is 6.07 Å². The Balaban J connectivity index is 1.90. The summed E-state index contributed by atoms with van der Waals surface area (Å²) in [5, 5.41) is 0.984. The van der Waals surface area contributed by atoms with Crippen molar-refractivity contribution in [2.75, 3.05) is 38.1 Å². The fourth-order valence-electron chi connectivity index (χ4n) is 2.00. The highest BCUT2D eigenvalue weighted by atomic mass is 79.9. The second kappa shape index (κ2) is 5.69. The summed E-state index contributed by atoms with van der Waals surface area (Å²) in [5.74, 6) is 1.25. The molecule has 1 saturated heterocycles. The lowest BCUT2D eigenvalue weighted by Crippen LogP contribution is -2.49. The third-order valence-electron chi connectivity index (χ3n) is 3.01. The van der Waals surface area contributed by atoms with E-state index in [2.05, 4.69) is 20.8 Å². The molecule has 1 aliphatic rings. The van der Waals surface area contributed by atoms with E-state index in [1.165, 1.54) is 0 Å². The number of furan rings is 1. The van der Waals surface area contributed by atoms with Crippen molar-refractivity contribution < 1.29 is 9.21 Å². The van der Waals surface area contributed by atoms with Crippen LogP contribution in [-0.4, -0.2) is 53.8 Å². The van der Waals surface area contributed by atoms with E-state index in [4.69, 9.17) is 4.42 Å². The summed E-state index contributed by atoms with van der Waals surface area (Å²) < 4.78 is 5.36. The van der Waals surface area contributed by atoms with Crippen LogP contribution < -0.4 is 0 Å². The van der Waals surface area contributed by atoms with E-state index in [0.29, 0.717) is 5.76 Å². The van der Waals surface area contributed by atoms with Crippen LogP contribution in [0.15, 0.2) is 16.5 Å². The Morgan fingerprint density at radius 3 is 2.59 bits per heavy atom. The summed E-state index contributed by atoms with van der Waals surface area (Å²) in [4.78, 5) is 16.3.